The average molecular weight is 358 g/mol. The highest BCUT2D eigenvalue weighted by Crippen LogP contribution is 2.24. The second kappa shape index (κ2) is 7.16. The van der Waals surface area contributed by atoms with E-state index in [4.69, 9.17) is 11.6 Å². The number of likely N-dealkylation sites (N-methyl/N-ethyl adjacent to an activating group) is 1. The molecule has 1 aromatic carbocycles. The summed E-state index contributed by atoms with van der Waals surface area (Å²) in [5, 5.41) is 3.71. The molecule has 2 nitrogen and oxygen atoms in total. The zero-order valence-electron chi connectivity index (χ0n) is 11.0. The Bertz CT molecular complexity index is 592. The number of aromatic nitrogens is 1. The van der Waals surface area contributed by atoms with Crippen molar-refractivity contribution in [3.05, 3.63) is 63.1 Å². The molecule has 0 saturated heterocycles. The van der Waals surface area contributed by atoms with Crippen LogP contribution in [-0.2, 0) is 6.42 Å². The maximum atomic E-state index is 14.1. The van der Waals surface area contributed by atoms with Crippen LogP contribution in [-0.4, -0.2) is 11.5 Å². The van der Waals surface area contributed by atoms with Crippen LogP contribution in [0.4, 0.5) is 4.39 Å². The van der Waals surface area contributed by atoms with Crippen molar-refractivity contribution in [2.75, 3.05) is 6.54 Å². The van der Waals surface area contributed by atoms with Crippen molar-refractivity contribution in [3.8, 4) is 0 Å². The van der Waals surface area contributed by atoms with E-state index in [1.54, 1.807) is 24.5 Å². The van der Waals surface area contributed by atoms with Gasteiger partial charge in [-0.3, -0.25) is 4.98 Å². The number of hydrogen-bond acceptors (Lipinski definition) is 2. The summed E-state index contributed by atoms with van der Waals surface area (Å²) in [6, 6.07) is 6.68. The van der Waals surface area contributed by atoms with Gasteiger partial charge in [-0.1, -0.05) is 24.6 Å². The Labute approximate surface area is 131 Å². The maximum absolute atomic E-state index is 14.1. The van der Waals surface area contributed by atoms with Crippen molar-refractivity contribution in [2.45, 2.75) is 19.4 Å². The van der Waals surface area contributed by atoms with Crippen molar-refractivity contribution in [3.63, 3.8) is 0 Å². The monoisotopic (exact) mass is 356 g/mol. The Morgan fingerprint density at radius 3 is 2.80 bits per heavy atom. The zero-order valence-corrected chi connectivity index (χ0v) is 13.4. The van der Waals surface area contributed by atoms with E-state index in [-0.39, 0.29) is 11.9 Å². The van der Waals surface area contributed by atoms with Crippen LogP contribution in [0.5, 0.6) is 0 Å². The predicted molar refractivity (Wildman–Crippen MR) is 83.5 cm³/mol. The number of nitrogens with zero attached hydrogens (tertiary/aromatic N) is 1. The van der Waals surface area contributed by atoms with Crippen LogP contribution >= 0.6 is 27.5 Å². The summed E-state index contributed by atoms with van der Waals surface area (Å²) in [4.78, 5) is 4.14. The lowest BCUT2D eigenvalue weighted by molar-refractivity contribution is 0.509. The molecule has 0 bridgehead atoms. The first kappa shape index (κ1) is 15.4. The summed E-state index contributed by atoms with van der Waals surface area (Å²) in [5.74, 6) is -0.286. The van der Waals surface area contributed by atoms with E-state index in [0.717, 1.165) is 16.6 Å². The van der Waals surface area contributed by atoms with Crippen LogP contribution in [0.3, 0.4) is 0 Å². The molecule has 1 N–H and O–H groups in total. The predicted octanol–water partition coefficient (Wildman–Crippen LogP) is 4.53. The number of hydrogen-bond donors (Lipinski definition) is 1. The fraction of sp³-hybridized carbons (Fsp3) is 0.267. The van der Waals surface area contributed by atoms with E-state index < -0.39 is 0 Å². The molecule has 0 amide bonds. The van der Waals surface area contributed by atoms with Crippen LogP contribution in [0.15, 0.2) is 41.1 Å². The highest BCUT2D eigenvalue weighted by molar-refractivity contribution is 9.10. The van der Waals surface area contributed by atoms with Gasteiger partial charge in [-0.2, -0.15) is 0 Å². The Balaban J connectivity index is 2.26. The molecule has 20 heavy (non-hydrogen) atoms. The third kappa shape index (κ3) is 4.01. The zero-order chi connectivity index (χ0) is 14.5. The average Bonchev–Trinajstić information content (AvgIpc) is 2.38. The molecule has 0 spiro atoms. The van der Waals surface area contributed by atoms with Crippen LogP contribution < -0.4 is 5.32 Å². The minimum Gasteiger partial charge on any atom is -0.310 e. The second-order valence-electron chi connectivity index (χ2n) is 4.49. The number of halogens is 3. The van der Waals surface area contributed by atoms with Crippen LogP contribution in [0.1, 0.15) is 24.1 Å². The van der Waals surface area contributed by atoms with Gasteiger partial charge in [0.05, 0.1) is 0 Å². The number of rotatable bonds is 5. The lowest BCUT2D eigenvalue weighted by atomic mass is 9.99. The molecule has 1 unspecified atom stereocenters. The SMILES string of the molecule is CCNC(Cc1cncc(Br)c1)c1ccc(Cl)cc1F. The quantitative estimate of drug-likeness (QED) is 0.850. The molecule has 0 saturated carbocycles. The van der Waals surface area contributed by atoms with Gasteiger partial charge in [0.1, 0.15) is 5.82 Å². The van der Waals surface area contributed by atoms with Crippen molar-refractivity contribution < 1.29 is 4.39 Å². The summed E-state index contributed by atoms with van der Waals surface area (Å²) < 4.78 is 15.0. The van der Waals surface area contributed by atoms with Gasteiger partial charge in [-0.05, 0) is 52.7 Å². The van der Waals surface area contributed by atoms with Crippen molar-refractivity contribution in [1.82, 2.24) is 10.3 Å². The molecular formula is C15H15BrClFN2. The van der Waals surface area contributed by atoms with Gasteiger partial charge in [0.15, 0.2) is 0 Å². The highest BCUT2D eigenvalue weighted by Gasteiger charge is 2.16. The minimum absolute atomic E-state index is 0.103. The van der Waals surface area contributed by atoms with E-state index in [0.29, 0.717) is 17.0 Å². The first-order chi connectivity index (χ1) is 9.60. The van der Waals surface area contributed by atoms with Crippen molar-refractivity contribution in [1.29, 1.82) is 0 Å². The summed E-state index contributed by atoms with van der Waals surface area (Å²) in [6.45, 7) is 2.76. The van der Waals surface area contributed by atoms with E-state index in [1.807, 2.05) is 13.0 Å². The van der Waals surface area contributed by atoms with E-state index in [9.17, 15) is 4.39 Å². The van der Waals surface area contributed by atoms with Gasteiger partial charge >= 0.3 is 0 Å². The van der Waals surface area contributed by atoms with E-state index in [1.165, 1.54) is 6.07 Å². The molecular weight excluding hydrogens is 343 g/mol. The molecule has 0 aliphatic rings. The number of pyridine rings is 1. The molecule has 106 valence electrons. The molecule has 2 aromatic rings. The smallest absolute Gasteiger partial charge is 0.129 e. The lowest BCUT2D eigenvalue weighted by Crippen LogP contribution is -2.24. The Hall–Kier alpha value is -0.970. The lowest BCUT2D eigenvalue weighted by Gasteiger charge is -2.19. The summed E-state index contributed by atoms with van der Waals surface area (Å²) in [5.41, 5.74) is 1.66. The van der Waals surface area contributed by atoms with Gasteiger partial charge < -0.3 is 5.32 Å². The molecule has 0 aliphatic carbocycles. The van der Waals surface area contributed by atoms with E-state index in [2.05, 4.69) is 26.2 Å². The summed E-state index contributed by atoms with van der Waals surface area (Å²) in [7, 11) is 0. The minimum atomic E-state index is -0.286. The third-order valence-electron chi connectivity index (χ3n) is 2.99. The molecule has 2 rings (SSSR count). The van der Waals surface area contributed by atoms with Gasteiger partial charge in [-0.25, -0.2) is 4.39 Å². The first-order valence-corrected chi connectivity index (χ1v) is 7.55. The molecule has 1 heterocycles. The summed E-state index contributed by atoms with van der Waals surface area (Å²) >= 11 is 9.20. The number of benzene rings is 1. The van der Waals surface area contributed by atoms with Gasteiger partial charge in [0, 0.05) is 33.5 Å². The van der Waals surface area contributed by atoms with Crippen LogP contribution in [0.2, 0.25) is 5.02 Å². The standard InChI is InChI=1S/C15H15BrClFN2/c1-2-20-15(6-10-5-11(16)9-19-8-10)13-4-3-12(17)7-14(13)18/h3-5,7-9,15,20H,2,6H2,1H3. The molecule has 1 atom stereocenters. The third-order valence-corrected chi connectivity index (χ3v) is 3.66. The van der Waals surface area contributed by atoms with Gasteiger partial charge in [-0.15, -0.1) is 0 Å². The molecule has 1 aromatic heterocycles. The topological polar surface area (TPSA) is 24.9 Å². The first-order valence-electron chi connectivity index (χ1n) is 6.38. The fourth-order valence-corrected chi connectivity index (χ4v) is 2.70. The van der Waals surface area contributed by atoms with E-state index >= 15 is 0 Å². The molecule has 0 aliphatic heterocycles. The van der Waals surface area contributed by atoms with Crippen LogP contribution in [0, 0.1) is 5.82 Å². The maximum Gasteiger partial charge on any atom is 0.129 e. The largest absolute Gasteiger partial charge is 0.310 e. The van der Waals surface area contributed by atoms with Crippen LogP contribution in [0.25, 0.3) is 0 Å². The van der Waals surface area contributed by atoms with Gasteiger partial charge in [0.25, 0.3) is 0 Å². The Morgan fingerprint density at radius 2 is 2.15 bits per heavy atom. The Kier molecular flexibility index (Phi) is 5.52. The normalized spacial score (nSPS) is 12.4. The molecule has 5 heteroatoms. The molecule has 0 fully saturated rings. The highest BCUT2D eigenvalue weighted by atomic mass is 79.9. The second-order valence-corrected chi connectivity index (χ2v) is 5.84. The van der Waals surface area contributed by atoms with Crippen molar-refractivity contribution in [2.24, 2.45) is 0 Å². The molecule has 0 radical (unpaired) electrons. The number of nitrogens with one attached hydrogen (secondary N) is 1. The van der Waals surface area contributed by atoms with Gasteiger partial charge in [0.2, 0.25) is 0 Å². The van der Waals surface area contributed by atoms with Crippen molar-refractivity contribution >= 4 is 27.5 Å². The Morgan fingerprint density at radius 1 is 1.35 bits per heavy atom. The summed E-state index contributed by atoms with van der Waals surface area (Å²) in [6.07, 6.45) is 4.19. The fourth-order valence-electron chi connectivity index (χ4n) is 2.13.